The predicted octanol–water partition coefficient (Wildman–Crippen LogP) is 3.88. The summed E-state index contributed by atoms with van der Waals surface area (Å²) >= 11 is 2.88. The van der Waals surface area contributed by atoms with E-state index in [2.05, 4.69) is 27.8 Å². The summed E-state index contributed by atoms with van der Waals surface area (Å²) in [6.07, 6.45) is 2.23. The van der Waals surface area contributed by atoms with Crippen LogP contribution in [0, 0.1) is 0 Å². The summed E-state index contributed by atoms with van der Waals surface area (Å²) in [5, 5.41) is 14.9. The third kappa shape index (κ3) is 5.68. The average Bonchev–Trinajstić information content (AvgIpc) is 3.03. The molecule has 0 fully saturated rings. The second kappa shape index (κ2) is 9.48. The van der Waals surface area contributed by atoms with Crippen LogP contribution in [0.4, 0.5) is 10.8 Å². The summed E-state index contributed by atoms with van der Waals surface area (Å²) in [5.41, 5.74) is 0.743. The standard InChI is InChI=1S/C16H22N4O2S2/c1-4-5-10-17-15-19-20-16(24-15)23-11(2)14(21)18-12-6-8-13(22-3)9-7-12/h6-9,11H,4-5,10H2,1-3H3,(H,17,19)(H,18,21). The molecule has 2 rings (SSSR count). The minimum atomic E-state index is -0.261. The molecule has 0 aliphatic rings. The van der Waals surface area contributed by atoms with Crippen molar-refractivity contribution in [2.45, 2.75) is 36.3 Å². The van der Waals surface area contributed by atoms with E-state index in [0.717, 1.165) is 40.3 Å². The molecule has 1 amide bonds. The highest BCUT2D eigenvalue weighted by Crippen LogP contribution is 2.29. The Labute approximate surface area is 150 Å². The van der Waals surface area contributed by atoms with Crippen molar-refractivity contribution >= 4 is 39.8 Å². The molecule has 0 saturated heterocycles. The first kappa shape index (κ1) is 18.5. The minimum absolute atomic E-state index is 0.0686. The monoisotopic (exact) mass is 366 g/mol. The van der Waals surface area contributed by atoms with Crippen LogP contribution in [0.25, 0.3) is 0 Å². The first-order valence-corrected chi connectivity index (χ1v) is 9.51. The van der Waals surface area contributed by atoms with Crippen molar-refractivity contribution in [1.82, 2.24) is 10.2 Å². The lowest BCUT2D eigenvalue weighted by Gasteiger charge is -2.10. The van der Waals surface area contributed by atoms with Crippen molar-refractivity contribution in [2.24, 2.45) is 0 Å². The number of benzene rings is 1. The molecule has 0 saturated carbocycles. The normalized spacial score (nSPS) is 11.8. The van der Waals surface area contributed by atoms with Crippen LogP contribution in [0.15, 0.2) is 28.6 Å². The Morgan fingerprint density at radius 2 is 2.08 bits per heavy atom. The zero-order valence-corrected chi connectivity index (χ0v) is 15.7. The van der Waals surface area contributed by atoms with E-state index in [4.69, 9.17) is 4.74 Å². The lowest BCUT2D eigenvalue weighted by atomic mass is 10.3. The van der Waals surface area contributed by atoms with Gasteiger partial charge < -0.3 is 15.4 Å². The Morgan fingerprint density at radius 1 is 1.33 bits per heavy atom. The fraction of sp³-hybridized carbons (Fsp3) is 0.438. The van der Waals surface area contributed by atoms with Crippen LogP contribution < -0.4 is 15.4 Å². The number of amides is 1. The number of carbonyl (C=O) groups excluding carboxylic acids is 1. The topological polar surface area (TPSA) is 76.1 Å². The molecular weight excluding hydrogens is 344 g/mol. The summed E-state index contributed by atoms with van der Waals surface area (Å²) in [6, 6.07) is 7.25. The van der Waals surface area contributed by atoms with Crippen LogP contribution >= 0.6 is 23.1 Å². The lowest BCUT2D eigenvalue weighted by molar-refractivity contribution is -0.115. The summed E-state index contributed by atoms with van der Waals surface area (Å²) in [4.78, 5) is 12.3. The number of anilines is 2. The number of unbranched alkanes of at least 4 members (excludes halogenated alkanes) is 1. The van der Waals surface area contributed by atoms with Gasteiger partial charge in [0.1, 0.15) is 5.75 Å². The van der Waals surface area contributed by atoms with E-state index in [1.54, 1.807) is 7.11 Å². The third-order valence-electron chi connectivity index (χ3n) is 3.22. The second-order valence-electron chi connectivity index (χ2n) is 5.13. The van der Waals surface area contributed by atoms with E-state index < -0.39 is 0 Å². The highest BCUT2D eigenvalue weighted by Gasteiger charge is 2.17. The largest absolute Gasteiger partial charge is 0.497 e. The molecule has 0 radical (unpaired) electrons. The number of nitrogens with zero attached hydrogens (tertiary/aromatic N) is 2. The van der Waals surface area contributed by atoms with Crippen molar-refractivity contribution in [1.29, 1.82) is 0 Å². The van der Waals surface area contributed by atoms with Crippen molar-refractivity contribution < 1.29 is 9.53 Å². The van der Waals surface area contributed by atoms with E-state index >= 15 is 0 Å². The predicted molar refractivity (Wildman–Crippen MR) is 100 cm³/mol. The van der Waals surface area contributed by atoms with Crippen LogP contribution in [0.1, 0.15) is 26.7 Å². The number of methoxy groups -OCH3 is 1. The SMILES string of the molecule is CCCCNc1nnc(SC(C)C(=O)Nc2ccc(OC)cc2)s1. The number of ether oxygens (including phenoxy) is 1. The Bertz CT molecular complexity index is 646. The fourth-order valence-corrected chi connectivity index (χ4v) is 3.75. The number of hydrogen-bond donors (Lipinski definition) is 2. The maximum Gasteiger partial charge on any atom is 0.237 e. The van der Waals surface area contributed by atoms with Crippen molar-refractivity contribution in [3.63, 3.8) is 0 Å². The van der Waals surface area contributed by atoms with Crippen LogP contribution in [-0.2, 0) is 4.79 Å². The maximum absolute atomic E-state index is 12.3. The van der Waals surface area contributed by atoms with Gasteiger partial charge in [0.25, 0.3) is 0 Å². The summed E-state index contributed by atoms with van der Waals surface area (Å²) in [7, 11) is 1.61. The van der Waals surface area contributed by atoms with E-state index in [1.807, 2.05) is 31.2 Å². The molecule has 130 valence electrons. The average molecular weight is 367 g/mol. The number of hydrogen-bond acceptors (Lipinski definition) is 7. The quantitative estimate of drug-likeness (QED) is 0.518. The number of carbonyl (C=O) groups is 1. The van der Waals surface area contributed by atoms with Crippen LogP contribution in [0.2, 0.25) is 0 Å². The molecule has 2 aromatic rings. The minimum Gasteiger partial charge on any atom is -0.497 e. The molecule has 1 heterocycles. The Hall–Kier alpha value is -1.80. The molecular formula is C16H22N4O2S2. The molecule has 8 heteroatoms. The third-order valence-corrected chi connectivity index (χ3v) is 5.28. The number of thioether (sulfide) groups is 1. The smallest absolute Gasteiger partial charge is 0.237 e. The molecule has 1 atom stereocenters. The van der Waals surface area contributed by atoms with Gasteiger partial charge in [-0.25, -0.2) is 0 Å². The van der Waals surface area contributed by atoms with Gasteiger partial charge in [-0.3, -0.25) is 4.79 Å². The van der Waals surface area contributed by atoms with E-state index in [-0.39, 0.29) is 11.2 Å². The molecule has 1 aromatic heterocycles. The van der Waals surface area contributed by atoms with E-state index in [0.29, 0.717) is 0 Å². The van der Waals surface area contributed by atoms with Crippen molar-refractivity contribution in [2.75, 3.05) is 24.3 Å². The molecule has 1 aromatic carbocycles. The molecule has 0 aliphatic carbocycles. The van der Waals surface area contributed by atoms with Crippen molar-refractivity contribution in [3.05, 3.63) is 24.3 Å². The van der Waals surface area contributed by atoms with E-state index in [1.165, 1.54) is 23.1 Å². The Balaban J connectivity index is 1.84. The van der Waals surface area contributed by atoms with Gasteiger partial charge in [0.15, 0.2) is 4.34 Å². The van der Waals surface area contributed by atoms with Gasteiger partial charge in [-0.05, 0) is 37.6 Å². The number of nitrogens with one attached hydrogen (secondary N) is 2. The molecule has 2 N–H and O–H groups in total. The van der Waals surface area contributed by atoms with Crippen molar-refractivity contribution in [3.8, 4) is 5.75 Å². The van der Waals surface area contributed by atoms with Crippen LogP contribution in [0.5, 0.6) is 5.75 Å². The Morgan fingerprint density at radius 3 is 2.75 bits per heavy atom. The van der Waals surface area contributed by atoms with Gasteiger partial charge in [-0.1, -0.05) is 36.4 Å². The summed E-state index contributed by atoms with van der Waals surface area (Å²) < 4.78 is 5.89. The Kier molecular flexibility index (Phi) is 7.33. The highest BCUT2D eigenvalue weighted by molar-refractivity contribution is 8.02. The van der Waals surface area contributed by atoms with Gasteiger partial charge in [0.05, 0.1) is 12.4 Å². The first-order valence-electron chi connectivity index (χ1n) is 7.81. The first-order chi connectivity index (χ1) is 11.6. The fourth-order valence-electron chi connectivity index (χ4n) is 1.82. The van der Waals surface area contributed by atoms with Gasteiger partial charge in [0.2, 0.25) is 11.0 Å². The summed E-state index contributed by atoms with van der Waals surface area (Å²) in [6.45, 7) is 4.89. The molecule has 0 bridgehead atoms. The molecule has 0 spiro atoms. The zero-order chi connectivity index (χ0) is 17.4. The lowest BCUT2D eigenvalue weighted by Crippen LogP contribution is -2.22. The van der Waals surface area contributed by atoms with Crippen LogP contribution in [0.3, 0.4) is 0 Å². The van der Waals surface area contributed by atoms with E-state index in [9.17, 15) is 4.79 Å². The summed E-state index contributed by atoms with van der Waals surface area (Å²) in [5.74, 6) is 0.688. The van der Waals surface area contributed by atoms with Gasteiger partial charge in [-0.15, -0.1) is 10.2 Å². The highest BCUT2D eigenvalue weighted by atomic mass is 32.2. The van der Waals surface area contributed by atoms with Crippen LogP contribution in [-0.4, -0.2) is 35.0 Å². The van der Waals surface area contributed by atoms with Gasteiger partial charge in [-0.2, -0.15) is 0 Å². The number of aromatic nitrogens is 2. The molecule has 24 heavy (non-hydrogen) atoms. The molecule has 1 unspecified atom stereocenters. The molecule has 6 nitrogen and oxygen atoms in total. The van der Waals surface area contributed by atoms with Gasteiger partial charge in [0, 0.05) is 12.2 Å². The molecule has 0 aliphatic heterocycles. The second-order valence-corrected chi connectivity index (χ2v) is 7.70. The zero-order valence-electron chi connectivity index (χ0n) is 14.0. The number of rotatable bonds is 9. The maximum atomic E-state index is 12.3. The van der Waals surface area contributed by atoms with Gasteiger partial charge >= 0.3 is 0 Å².